The number of fused-ring (bicyclic) bond motifs is 1. The highest BCUT2D eigenvalue weighted by molar-refractivity contribution is 5.68. The maximum Gasteiger partial charge on any atom is 0.327 e. The Morgan fingerprint density at radius 1 is 1.43 bits per heavy atom. The van der Waals surface area contributed by atoms with E-state index < -0.39 is 11.2 Å². The van der Waals surface area contributed by atoms with Crippen molar-refractivity contribution in [3.63, 3.8) is 0 Å². The molecule has 0 aliphatic heterocycles. The summed E-state index contributed by atoms with van der Waals surface area (Å²) in [6.07, 6.45) is 2.46. The normalized spacial score (nSPS) is 10.9. The van der Waals surface area contributed by atoms with E-state index in [0.29, 0.717) is 17.7 Å². The predicted octanol–water partition coefficient (Wildman–Crippen LogP) is -0.177. The molecule has 2 aromatic rings. The predicted molar refractivity (Wildman–Crippen MR) is 51.3 cm³/mol. The average molecular weight is 194 g/mol. The minimum Gasteiger partial charge on any atom is -0.325 e. The lowest BCUT2D eigenvalue weighted by Crippen LogP contribution is -2.23. The quantitative estimate of drug-likeness (QED) is 0.695. The van der Waals surface area contributed by atoms with Crippen LogP contribution in [0.1, 0.15) is 13.3 Å². The molecule has 0 bridgehead atoms. The third kappa shape index (κ3) is 1.24. The Morgan fingerprint density at radius 3 is 2.93 bits per heavy atom. The second kappa shape index (κ2) is 3.13. The molecule has 2 rings (SSSR count). The monoisotopic (exact) mass is 194 g/mol. The minimum absolute atomic E-state index is 0.340. The van der Waals surface area contributed by atoms with E-state index in [0.717, 1.165) is 6.42 Å². The second-order valence-electron chi connectivity index (χ2n) is 3.04. The van der Waals surface area contributed by atoms with E-state index in [1.54, 1.807) is 10.9 Å². The van der Waals surface area contributed by atoms with E-state index >= 15 is 0 Å². The summed E-state index contributed by atoms with van der Waals surface area (Å²) in [5.74, 6) is 0. The van der Waals surface area contributed by atoms with Crippen molar-refractivity contribution in [3.8, 4) is 0 Å². The third-order valence-electron chi connectivity index (χ3n) is 1.98. The first kappa shape index (κ1) is 8.74. The molecular formula is C8H10N4O2. The molecule has 6 nitrogen and oxygen atoms in total. The van der Waals surface area contributed by atoms with Crippen molar-refractivity contribution in [2.45, 2.75) is 19.9 Å². The number of rotatable bonds is 2. The molecule has 0 aliphatic rings. The Balaban J connectivity index is 2.79. The summed E-state index contributed by atoms with van der Waals surface area (Å²) in [4.78, 5) is 30.9. The van der Waals surface area contributed by atoms with Gasteiger partial charge in [-0.3, -0.25) is 14.8 Å². The lowest BCUT2D eigenvalue weighted by atomic mass is 10.4. The second-order valence-corrected chi connectivity index (χ2v) is 3.04. The highest BCUT2D eigenvalue weighted by Crippen LogP contribution is 2.02. The fourth-order valence-corrected chi connectivity index (χ4v) is 1.42. The lowest BCUT2D eigenvalue weighted by molar-refractivity contribution is 0.694. The number of hydrogen-bond donors (Lipinski definition) is 2. The number of hydrogen-bond acceptors (Lipinski definition) is 3. The Kier molecular flexibility index (Phi) is 1.95. The fraction of sp³-hybridized carbons (Fsp3) is 0.375. The van der Waals surface area contributed by atoms with Crippen LogP contribution in [0.3, 0.4) is 0 Å². The van der Waals surface area contributed by atoms with Crippen molar-refractivity contribution in [3.05, 3.63) is 27.2 Å². The summed E-state index contributed by atoms with van der Waals surface area (Å²) >= 11 is 0. The van der Waals surface area contributed by atoms with Crippen LogP contribution in [-0.2, 0) is 6.54 Å². The third-order valence-corrected chi connectivity index (χ3v) is 1.98. The van der Waals surface area contributed by atoms with Crippen molar-refractivity contribution >= 4 is 11.2 Å². The fourth-order valence-electron chi connectivity index (χ4n) is 1.42. The van der Waals surface area contributed by atoms with Crippen LogP contribution < -0.4 is 11.2 Å². The van der Waals surface area contributed by atoms with Gasteiger partial charge in [-0.1, -0.05) is 6.92 Å². The molecule has 0 unspecified atom stereocenters. The van der Waals surface area contributed by atoms with Crippen molar-refractivity contribution in [1.82, 2.24) is 19.5 Å². The van der Waals surface area contributed by atoms with Gasteiger partial charge in [-0.25, -0.2) is 9.78 Å². The number of aromatic amines is 2. The molecule has 14 heavy (non-hydrogen) atoms. The summed E-state index contributed by atoms with van der Waals surface area (Å²) in [5, 5.41) is 0. The van der Waals surface area contributed by atoms with Gasteiger partial charge in [0.15, 0.2) is 11.2 Å². The van der Waals surface area contributed by atoms with Gasteiger partial charge in [0, 0.05) is 6.54 Å². The molecule has 0 saturated carbocycles. The van der Waals surface area contributed by atoms with E-state index in [-0.39, 0.29) is 0 Å². The summed E-state index contributed by atoms with van der Waals surface area (Å²) in [6, 6.07) is 0. The molecule has 0 radical (unpaired) electrons. The van der Waals surface area contributed by atoms with Crippen molar-refractivity contribution < 1.29 is 0 Å². The zero-order valence-electron chi connectivity index (χ0n) is 7.70. The number of nitrogens with zero attached hydrogens (tertiary/aromatic N) is 2. The largest absolute Gasteiger partial charge is 0.327 e. The summed E-state index contributed by atoms with van der Waals surface area (Å²) < 4.78 is 1.73. The highest BCUT2D eigenvalue weighted by atomic mass is 16.2. The standard InChI is InChI=1S/C8H10N4O2/c1-2-3-12-4-9-6-5(12)7(13)11-8(14)10-6/h4H,2-3H2,1H3,(H2,10,11,13,14). The first-order valence-electron chi connectivity index (χ1n) is 4.40. The molecule has 6 heteroatoms. The van der Waals surface area contributed by atoms with Gasteiger partial charge < -0.3 is 4.57 Å². The molecule has 2 heterocycles. The SMILES string of the molecule is CCCn1cnc2[nH]c(=O)[nH]c(=O)c21. The molecule has 0 amide bonds. The average Bonchev–Trinajstić information content (AvgIpc) is 2.49. The lowest BCUT2D eigenvalue weighted by Gasteiger charge is -1.98. The molecule has 0 aromatic carbocycles. The molecular weight excluding hydrogens is 184 g/mol. The van der Waals surface area contributed by atoms with Crippen molar-refractivity contribution in [2.24, 2.45) is 0 Å². The molecule has 0 fully saturated rings. The van der Waals surface area contributed by atoms with Crippen LogP contribution in [0.2, 0.25) is 0 Å². The Bertz CT molecular complexity index is 562. The summed E-state index contributed by atoms with van der Waals surface area (Å²) in [6.45, 7) is 2.72. The first-order valence-corrected chi connectivity index (χ1v) is 4.40. The zero-order chi connectivity index (χ0) is 10.1. The van der Waals surface area contributed by atoms with Gasteiger partial charge in [0.1, 0.15) is 0 Å². The number of imidazole rings is 1. The maximum absolute atomic E-state index is 11.4. The van der Waals surface area contributed by atoms with Gasteiger partial charge in [0.05, 0.1) is 6.33 Å². The molecule has 2 aromatic heterocycles. The molecule has 2 N–H and O–H groups in total. The molecule has 0 aliphatic carbocycles. The van der Waals surface area contributed by atoms with Gasteiger partial charge in [-0.05, 0) is 6.42 Å². The molecule has 0 atom stereocenters. The van der Waals surface area contributed by atoms with Crippen LogP contribution >= 0.6 is 0 Å². The van der Waals surface area contributed by atoms with Crippen LogP contribution in [0, 0.1) is 0 Å². The van der Waals surface area contributed by atoms with Crippen LogP contribution in [0.15, 0.2) is 15.9 Å². The van der Waals surface area contributed by atoms with Crippen LogP contribution in [0.4, 0.5) is 0 Å². The Hall–Kier alpha value is -1.85. The molecule has 0 spiro atoms. The first-order chi connectivity index (χ1) is 6.72. The van der Waals surface area contributed by atoms with Gasteiger partial charge in [0.2, 0.25) is 0 Å². The van der Waals surface area contributed by atoms with E-state index in [4.69, 9.17) is 0 Å². The smallest absolute Gasteiger partial charge is 0.325 e. The number of H-pyrrole nitrogens is 2. The van der Waals surface area contributed by atoms with Gasteiger partial charge >= 0.3 is 5.69 Å². The minimum atomic E-state index is -0.524. The highest BCUT2D eigenvalue weighted by Gasteiger charge is 2.06. The van der Waals surface area contributed by atoms with Gasteiger partial charge in [-0.15, -0.1) is 0 Å². The molecule has 74 valence electrons. The van der Waals surface area contributed by atoms with E-state index in [2.05, 4.69) is 15.0 Å². The van der Waals surface area contributed by atoms with Crippen LogP contribution in [-0.4, -0.2) is 19.5 Å². The Morgan fingerprint density at radius 2 is 2.21 bits per heavy atom. The Labute approximate surface area is 78.6 Å². The number of nitrogens with one attached hydrogen (secondary N) is 2. The number of aromatic nitrogens is 4. The van der Waals surface area contributed by atoms with Gasteiger partial charge in [0.25, 0.3) is 5.56 Å². The maximum atomic E-state index is 11.4. The van der Waals surface area contributed by atoms with Crippen LogP contribution in [0.5, 0.6) is 0 Å². The summed E-state index contributed by atoms with van der Waals surface area (Å²) in [7, 11) is 0. The van der Waals surface area contributed by atoms with Crippen molar-refractivity contribution in [1.29, 1.82) is 0 Å². The molecule has 0 saturated heterocycles. The van der Waals surface area contributed by atoms with Gasteiger partial charge in [-0.2, -0.15) is 0 Å². The van der Waals surface area contributed by atoms with Crippen molar-refractivity contribution in [2.75, 3.05) is 0 Å². The van der Waals surface area contributed by atoms with Crippen LogP contribution in [0.25, 0.3) is 11.2 Å². The van der Waals surface area contributed by atoms with E-state index in [1.165, 1.54) is 0 Å². The topological polar surface area (TPSA) is 83.5 Å². The van der Waals surface area contributed by atoms with E-state index in [9.17, 15) is 9.59 Å². The number of aryl methyl sites for hydroxylation is 1. The zero-order valence-corrected chi connectivity index (χ0v) is 7.70. The summed E-state index contributed by atoms with van der Waals surface area (Å²) in [5.41, 5.74) is -0.155. The van der Waals surface area contributed by atoms with E-state index in [1.807, 2.05) is 6.92 Å².